The van der Waals surface area contributed by atoms with Crippen LogP contribution >= 0.6 is 0 Å². The Hall–Kier alpha value is -2.43. The molecule has 0 aromatic heterocycles. The highest BCUT2D eigenvalue weighted by Gasteiger charge is 2.23. The van der Waals surface area contributed by atoms with Gasteiger partial charge in [0.2, 0.25) is 5.91 Å². The molecule has 0 spiro atoms. The second-order valence-electron chi connectivity index (χ2n) is 4.57. The van der Waals surface area contributed by atoms with Crippen molar-refractivity contribution < 1.29 is 14.4 Å². The minimum atomic E-state index is -0.569. The SMILES string of the molecule is CCNC(=O)C(C)N(C)C(=O)c1ccccc1/C=C/C=O. The van der Waals surface area contributed by atoms with Crippen molar-refractivity contribution in [3.05, 3.63) is 41.5 Å². The minimum Gasteiger partial charge on any atom is -0.355 e. The fourth-order valence-electron chi connectivity index (χ4n) is 1.84. The molecule has 1 aromatic carbocycles. The van der Waals surface area contributed by atoms with E-state index in [1.807, 2.05) is 6.92 Å². The topological polar surface area (TPSA) is 66.5 Å². The molecule has 1 unspecified atom stereocenters. The lowest BCUT2D eigenvalue weighted by Crippen LogP contribution is -2.46. The lowest BCUT2D eigenvalue weighted by molar-refractivity contribution is -0.124. The molecule has 0 saturated heterocycles. The summed E-state index contributed by atoms with van der Waals surface area (Å²) in [5.41, 5.74) is 1.10. The van der Waals surface area contributed by atoms with Crippen molar-refractivity contribution in [1.29, 1.82) is 0 Å². The average Bonchev–Trinajstić information content (AvgIpc) is 2.51. The van der Waals surface area contributed by atoms with Crippen LogP contribution in [-0.4, -0.2) is 42.6 Å². The highest BCUT2D eigenvalue weighted by atomic mass is 16.2. The van der Waals surface area contributed by atoms with Gasteiger partial charge in [0.05, 0.1) is 0 Å². The molecule has 1 N–H and O–H groups in total. The van der Waals surface area contributed by atoms with Crippen LogP contribution in [0.2, 0.25) is 0 Å². The van der Waals surface area contributed by atoms with Crippen molar-refractivity contribution in [3.63, 3.8) is 0 Å². The molecule has 1 rings (SSSR count). The molecule has 1 atom stereocenters. The summed E-state index contributed by atoms with van der Waals surface area (Å²) in [7, 11) is 1.59. The first-order chi connectivity index (χ1) is 10.0. The summed E-state index contributed by atoms with van der Waals surface area (Å²) in [6.45, 7) is 4.02. The Kier molecular flexibility index (Phi) is 6.33. The zero-order chi connectivity index (χ0) is 15.8. The molecule has 2 amide bonds. The Labute approximate surface area is 124 Å². The van der Waals surface area contributed by atoms with Crippen LogP contribution in [0.15, 0.2) is 30.3 Å². The monoisotopic (exact) mass is 288 g/mol. The molecule has 0 heterocycles. The third-order valence-electron chi connectivity index (χ3n) is 3.18. The van der Waals surface area contributed by atoms with Crippen LogP contribution in [0, 0.1) is 0 Å². The van der Waals surface area contributed by atoms with Crippen molar-refractivity contribution in [2.24, 2.45) is 0 Å². The third kappa shape index (κ3) is 4.27. The van der Waals surface area contributed by atoms with Gasteiger partial charge in [-0.15, -0.1) is 0 Å². The van der Waals surface area contributed by atoms with Crippen molar-refractivity contribution in [2.75, 3.05) is 13.6 Å². The summed E-state index contributed by atoms with van der Waals surface area (Å²) >= 11 is 0. The maximum Gasteiger partial charge on any atom is 0.254 e. The number of likely N-dealkylation sites (N-methyl/N-ethyl adjacent to an activating group) is 2. The number of hydrogen-bond acceptors (Lipinski definition) is 3. The van der Waals surface area contributed by atoms with Crippen molar-refractivity contribution in [2.45, 2.75) is 19.9 Å². The first kappa shape index (κ1) is 16.6. The second kappa shape index (κ2) is 7.99. The maximum absolute atomic E-state index is 12.5. The number of carbonyl (C=O) groups excluding carboxylic acids is 3. The van der Waals surface area contributed by atoms with Gasteiger partial charge in [0.25, 0.3) is 5.91 Å². The Bertz CT molecular complexity index is 552. The van der Waals surface area contributed by atoms with Gasteiger partial charge in [0, 0.05) is 19.2 Å². The number of aldehydes is 1. The number of rotatable bonds is 6. The van der Waals surface area contributed by atoms with Crippen molar-refractivity contribution in [1.82, 2.24) is 10.2 Å². The van der Waals surface area contributed by atoms with Crippen LogP contribution in [0.25, 0.3) is 6.08 Å². The molecule has 0 fully saturated rings. The summed E-state index contributed by atoms with van der Waals surface area (Å²) in [5, 5.41) is 2.69. The molecule has 0 aliphatic rings. The first-order valence-corrected chi connectivity index (χ1v) is 6.78. The summed E-state index contributed by atoms with van der Waals surface area (Å²) in [6, 6.07) is 6.39. The number of allylic oxidation sites excluding steroid dienone is 1. The standard InChI is InChI=1S/C16H20N2O3/c1-4-17-15(20)12(2)18(3)16(21)14-10-6-5-8-13(14)9-7-11-19/h5-12H,4H2,1-3H3,(H,17,20)/b9-7+. The van der Waals surface area contributed by atoms with E-state index in [0.29, 0.717) is 24.0 Å². The molecule has 0 bridgehead atoms. The van der Waals surface area contributed by atoms with Crippen LogP contribution in [0.4, 0.5) is 0 Å². The number of nitrogens with one attached hydrogen (secondary N) is 1. The lowest BCUT2D eigenvalue weighted by Gasteiger charge is -2.24. The third-order valence-corrected chi connectivity index (χ3v) is 3.18. The smallest absolute Gasteiger partial charge is 0.254 e. The Morgan fingerprint density at radius 2 is 2.00 bits per heavy atom. The lowest BCUT2D eigenvalue weighted by atomic mass is 10.1. The minimum absolute atomic E-state index is 0.200. The molecular formula is C16H20N2O3. The molecule has 112 valence electrons. The van der Waals surface area contributed by atoms with Crippen molar-refractivity contribution >= 4 is 24.2 Å². The van der Waals surface area contributed by atoms with Crippen LogP contribution in [-0.2, 0) is 9.59 Å². The molecule has 0 saturated carbocycles. The van der Waals surface area contributed by atoms with Gasteiger partial charge in [-0.1, -0.05) is 24.3 Å². The zero-order valence-electron chi connectivity index (χ0n) is 12.5. The highest BCUT2D eigenvalue weighted by molar-refractivity contribution is 6.00. The van der Waals surface area contributed by atoms with Gasteiger partial charge < -0.3 is 10.2 Å². The molecule has 0 aliphatic carbocycles. The molecule has 1 aromatic rings. The summed E-state index contributed by atoms with van der Waals surface area (Å²) < 4.78 is 0. The van der Waals surface area contributed by atoms with Gasteiger partial charge in [0.1, 0.15) is 12.3 Å². The summed E-state index contributed by atoms with van der Waals surface area (Å²) in [6.07, 6.45) is 3.56. The van der Waals surface area contributed by atoms with E-state index in [9.17, 15) is 14.4 Å². The van der Waals surface area contributed by atoms with E-state index in [-0.39, 0.29) is 11.8 Å². The van der Waals surface area contributed by atoms with Gasteiger partial charge in [-0.3, -0.25) is 14.4 Å². The van der Waals surface area contributed by atoms with E-state index < -0.39 is 6.04 Å². The van der Waals surface area contributed by atoms with Crippen LogP contribution in [0.1, 0.15) is 29.8 Å². The molecule has 0 aliphatic heterocycles. The summed E-state index contributed by atoms with van der Waals surface area (Å²) in [5.74, 6) is -0.464. The molecule has 21 heavy (non-hydrogen) atoms. The predicted octanol–water partition coefficient (Wildman–Crippen LogP) is 1.50. The number of hydrogen-bond donors (Lipinski definition) is 1. The average molecular weight is 288 g/mol. The van der Waals surface area contributed by atoms with E-state index >= 15 is 0 Å². The number of carbonyl (C=O) groups is 3. The second-order valence-corrected chi connectivity index (χ2v) is 4.57. The quantitative estimate of drug-likeness (QED) is 0.637. The largest absolute Gasteiger partial charge is 0.355 e. The zero-order valence-corrected chi connectivity index (χ0v) is 12.5. The molecule has 5 nitrogen and oxygen atoms in total. The van der Waals surface area contributed by atoms with Gasteiger partial charge in [-0.2, -0.15) is 0 Å². The van der Waals surface area contributed by atoms with Gasteiger partial charge >= 0.3 is 0 Å². The van der Waals surface area contributed by atoms with E-state index in [1.165, 1.54) is 11.0 Å². The van der Waals surface area contributed by atoms with Crippen LogP contribution in [0.3, 0.4) is 0 Å². The maximum atomic E-state index is 12.5. The van der Waals surface area contributed by atoms with Gasteiger partial charge in [0.15, 0.2) is 0 Å². The Morgan fingerprint density at radius 1 is 1.33 bits per heavy atom. The fraction of sp³-hybridized carbons (Fsp3) is 0.312. The highest BCUT2D eigenvalue weighted by Crippen LogP contribution is 2.14. The molecular weight excluding hydrogens is 268 g/mol. The van der Waals surface area contributed by atoms with Crippen LogP contribution in [0.5, 0.6) is 0 Å². The van der Waals surface area contributed by atoms with E-state index in [1.54, 1.807) is 44.3 Å². The van der Waals surface area contributed by atoms with Gasteiger partial charge in [-0.05, 0) is 31.6 Å². The van der Waals surface area contributed by atoms with E-state index in [2.05, 4.69) is 5.32 Å². The number of benzene rings is 1. The number of amides is 2. The Morgan fingerprint density at radius 3 is 2.62 bits per heavy atom. The van der Waals surface area contributed by atoms with Gasteiger partial charge in [-0.25, -0.2) is 0 Å². The fourth-order valence-corrected chi connectivity index (χ4v) is 1.84. The first-order valence-electron chi connectivity index (χ1n) is 6.78. The van der Waals surface area contributed by atoms with E-state index in [0.717, 1.165) is 0 Å². The van der Waals surface area contributed by atoms with E-state index in [4.69, 9.17) is 0 Å². The predicted molar refractivity (Wildman–Crippen MR) is 81.8 cm³/mol. The molecule has 5 heteroatoms. The Balaban J connectivity index is 3.00. The van der Waals surface area contributed by atoms with Crippen LogP contribution < -0.4 is 5.32 Å². The van der Waals surface area contributed by atoms with Crippen molar-refractivity contribution in [3.8, 4) is 0 Å². The normalized spacial score (nSPS) is 12.0. The summed E-state index contributed by atoms with van der Waals surface area (Å²) in [4.78, 5) is 36.1. The molecule has 0 radical (unpaired) electrons. The number of nitrogens with zero attached hydrogens (tertiary/aromatic N) is 1.